The van der Waals surface area contributed by atoms with Crippen LogP contribution in [0.25, 0.3) is 6.08 Å². The van der Waals surface area contributed by atoms with Crippen molar-refractivity contribution in [2.24, 2.45) is 0 Å². The van der Waals surface area contributed by atoms with Gasteiger partial charge in [0.2, 0.25) is 0 Å². The van der Waals surface area contributed by atoms with E-state index in [1.54, 1.807) is 23.1 Å². The second-order valence-electron chi connectivity index (χ2n) is 6.34. The molecule has 0 atom stereocenters. The highest BCUT2D eigenvalue weighted by Gasteiger charge is 2.31. The summed E-state index contributed by atoms with van der Waals surface area (Å²) in [6, 6.07) is 13.8. The molecule has 4 heteroatoms. The number of benzene rings is 2. The summed E-state index contributed by atoms with van der Waals surface area (Å²) < 4.78 is 12.9. The van der Waals surface area contributed by atoms with E-state index in [0.717, 1.165) is 16.9 Å². The first-order valence-electron chi connectivity index (χ1n) is 7.57. The van der Waals surface area contributed by atoms with Crippen molar-refractivity contribution >= 4 is 23.4 Å². The number of rotatable bonds is 2. The third kappa shape index (κ3) is 3.42. The van der Waals surface area contributed by atoms with Crippen molar-refractivity contribution in [3.8, 4) is 0 Å². The lowest BCUT2D eigenvalue weighted by Gasteiger charge is -2.40. The highest BCUT2D eigenvalue weighted by atomic mass is 19.1. The van der Waals surface area contributed by atoms with E-state index in [4.69, 9.17) is 0 Å². The van der Waals surface area contributed by atoms with Crippen molar-refractivity contribution in [2.75, 3.05) is 16.8 Å². The van der Waals surface area contributed by atoms with Crippen molar-refractivity contribution in [3.05, 3.63) is 66.0 Å². The highest BCUT2D eigenvalue weighted by molar-refractivity contribution is 6.06. The molecule has 0 radical (unpaired) electrons. The third-order valence-corrected chi connectivity index (χ3v) is 3.78. The first-order chi connectivity index (χ1) is 10.9. The summed E-state index contributed by atoms with van der Waals surface area (Å²) in [5, 5.41) is 3.44. The predicted octanol–water partition coefficient (Wildman–Crippen LogP) is 4.08. The molecular weight excluding hydrogens is 291 g/mol. The van der Waals surface area contributed by atoms with Crippen molar-refractivity contribution in [1.29, 1.82) is 0 Å². The van der Waals surface area contributed by atoms with E-state index in [9.17, 15) is 9.18 Å². The van der Waals surface area contributed by atoms with Gasteiger partial charge in [-0.3, -0.25) is 4.79 Å². The van der Waals surface area contributed by atoms with Crippen LogP contribution in [0.2, 0.25) is 0 Å². The molecule has 3 rings (SSSR count). The van der Waals surface area contributed by atoms with Gasteiger partial charge in [0.25, 0.3) is 5.91 Å². The number of nitrogens with one attached hydrogen (secondary N) is 1. The van der Waals surface area contributed by atoms with Crippen LogP contribution >= 0.6 is 0 Å². The van der Waals surface area contributed by atoms with E-state index in [2.05, 4.69) is 19.2 Å². The fraction of sp³-hybridized carbons (Fsp3) is 0.211. The maximum Gasteiger partial charge on any atom is 0.251 e. The van der Waals surface area contributed by atoms with Crippen LogP contribution in [0.5, 0.6) is 0 Å². The number of carbonyl (C=O) groups is 1. The van der Waals surface area contributed by atoms with Crippen molar-refractivity contribution in [2.45, 2.75) is 19.4 Å². The summed E-state index contributed by atoms with van der Waals surface area (Å²) >= 11 is 0. The summed E-state index contributed by atoms with van der Waals surface area (Å²) in [5.41, 5.74) is 2.42. The van der Waals surface area contributed by atoms with Crippen LogP contribution in [0.15, 0.2) is 54.6 Å². The van der Waals surface area contributed by atoms with Crippen LogP contribution in [-0.2, 0) is 4.79 Å². The van der Waals surface area contributed by atoms with Gasteiger partial charge in [0, 0.05) is 18.2 Å². The molecule has 0 spiro atoms. The molecule has 0 fully saturated rings. The fourth-order valence-electron chi connectivity index (χ4n) is 2.73. The van der Waals surface area contributed by atoms with Crippen LogP contribution in [0.3, 0.4) is 0 Å². The van der Waals surface area contributed by atoms with Gasteiger partial charge >= 0.3 is 0 Å². The maximum absolute atomic E-state index is 12.9. The molecule has 1 aliphatic rings. The summed E-state index contributed by atoms with van der Waals surface area (Å²) in [6.07, 6.45) is 3.24. The quantitative estimate of drug-likeness (QED) is 0.848. The molecule has 1 N–H and O–H groups in total. The number of nitrogens with zero attached hydrogens (tertiary/aromatic N) is 1. The average molecular weight is 310 g/mol. The lowest BCUT2D eigenvalue weighted by molar-refractivity contribution is -0.114. The molecule has 118 valence electrons. The molecule has 0 unspecified atom stereocenters. The van der Waals surface area contributed by atoms with E-state index >= 15 is 0 Å². The van der Waals surface area contributed by atoms with E-state index in [1.165, 1.54) is 18.2 Å². The van der Waals surface area contributed by atoms with E-state index in [0.29, 0.717) is 6.54 Å². The zero-order chi connectivity index (χ0) is 16.4. The zero-order valence-electron chi connectivity index (χ0n) is 13.2. The fourth-order valence-corrected chi connectivity index (χ4v) is 2.73. The van der Waals surface area contributed by atoms with Gasteiger partial charge in [-0.2, -0.15) is 0 Å². The molecular formula is C19H19FN2O. The molecule has 3 nitrogen and oxygen atoms in total. The molecule has 1 amide bonds. The number of anilines is 2. The van der Waals surface area contributed by atoms with Gasteiger partial charge in [-0.05, 0) is 49.8 Å². The predicted molar refractivity (Wildman–Crippen MR) is 91.9 cm³/mol. The molecule has 2 aromatic rings. The number of halogens is 1. The number of hydrogen-bond donors (Lipinski definition) is 1. The van der Waals surface area contributed by atoms with Gasteiger partial charge in [0.05, 0.1) is 11.4 Å². The Hall–Kier alpha value is -2.62. The largest absolute Gasteiger partial charge is 0.377 e. The Morgan fingerprint density at radius 3 is 2.61 bits per heavy atom. The van der Waals surface area contributed by atoms with Gasteiger partial charge < -0.3 is 10.2 Å². The minimum Gasteiger partial charge on any atom is -0.377 e. The number of hydrogen-bond acceptors (Lipinski definition) is 2. The molecule has 1 aliphatic heterocycles. The van der Waals surface area contributed by atoms with Crippen LogP contribution in [0.4, 0.5) is 15.8 Å². The monoisotopic (exact) mass is 310 g/mol. The smallest absolute Gasteiger partial charge is 0.251 e. The summed E-state index contributed by atoms with van der Waals surface area (Å²) in [4.78, 5) is 14.4. The van der Waals surface area contributed by atoms with Gasteiger partial charge in [-0.1, -0.05) is 24.3 Å². The summed E-state index contributed by atoms with van der Waals surface area (Å²) in [5.74, 6) is -0.373. The molecule has 2 aromatic carbocycles. The lowest BCUT2D eigenvalue weighted by atomic mass is 9.99. The Labute approximate surface area is 135 Å². The summed E-state index contributed by atoms with van der Waals surface area (Å²) in [7, 11) is 0. The zero-order valence-corrected chi connectivity index (χ0v) is 13.2. The molecule has 0 bridgehead atoms. The number of amides is 1. The second kappa shape index (κ2) is 5.88. The Balaban J connectivity index is 1.85. The Kier molecular flexibility index (Phi) is 3.90. The first kappa shape index (κ1) is 15.3. The SMILES string of the molecule is CC1(C)CN(C(=O)/C=C/c2ccc(F)cc2)c2ccccc2N1. The second-order valence-corrected chi connectivity index (χ2v) is 6.34. The van der Waals surface area contributed by atoms with E-state index in [-0.39, 0.29) is 17.3 Å². The molecule has 0 aromatic heterocycles. The van der Waals surface area contributed by atoms with Gasteiger partial charge in [-0.25, -0.2) is 4.39 Å². The van der Waals surface area contributed by atoms with E-state index in [1.807, 2.05) is 24.3 Å². The average Bonchev–Trinajstić information content (AvgIpc) is 2.52. The normalized spacial score (nSPS) is 16.0. The number of carbonyl (C=O) groups excluding carboxylic acids is 1. The van der Waals surface area contributed by atoms with Gasteiger partial charge in [0.15, 0.2) is 0 Å². The van der Waals surface area contributed by atoms with Crippen molar-refractivity contribution < 1.29 is 9.18 Å². The molecule has 23 heavy (non-hydrogen) atoms. The van der Waals surface area contributed by atoms with Crippen molar-refractivity contribution in [3.63, 3.8) is 0 Å². The Morgan fingerprint density at radius 2 is 1.87 bits per heavy atom. The van der Waals surface area contributed by atoms with Gasteiger partial charge in [0.1, 0.15) is 5.82 Å². The molecule has 0 saturated heterocycles. The van der Waals surface area contributed by atoms with Crippen LogP contribution < -0.4 is 10.2 Å². The molecule has 1 heterocycles. The number of para-hydroxylation sites is 2. The highest BCUT2D eigenvalue weighted by Crippen LogP contribution is 2.34. The van der Waals surface area contributed by atoms with Gasteiger partial charge in [-0.15, -0.1) is 0 Å². The Morgan fingerprint density at radius 1 is 1.17 bits per heavy atom. The van der Waals surface area contributed by atoms with Crippen LogP contribution in [0, 0.1) is 5.82 Å². The molecule has 0 aliphatic carbocycles. The standard InChI is InChI=1S/C19H19FN2O/c1-19(2)13-22(17-6-4-3-5-16(17)21-19)18(23)12-9-14-7-10-15(20)11-8-14/h3-12,21H,13H2,1-2H3/b12-9+. The lowest BCUT2D eigenvalue weighted by Crippen LogP contribution is -2.50. The minimum atomic E-state index is -0.286. The minimum absolute atomic E-state index is 0.0867. The Bertz CT molecular complexity index is 750. The van der Waals surface area contributed by atoms with Crippen molar-refractivity contribution in [1.82, 2.24) is 0 Å². The topological polar surface area (TPSA) is 32.3 Å². The third-order valence-electron chi connectivity index (χ3n) is 3.78. The van der Waals surface area contributed by atoms with Crippen LogP contribution in [0.1, 0.15) is 19.4 Å². The van der Waals surface area contributed by atoms with E-state index < -0.39 is 0 Å². The first-order valence-corrected chi connectivity index (χ1v) is 7.57. The number of fused-ring (bicyclic) bond motifs is 1. The molecule has 0 saturated carbocycles. The van der Waals surface area contributed by atoms with Crippen LogP contribution in [-0.4, -0.2) is 18.0 Å². The maximum atomic E-state index is 12.9. The summed E-state index contributed by atoms with van der Waals surface area (Å²) in [6.45, 7) is 4.70.